The molecule has 0 saturated heterocycles. The minimum absolute atomic E-state index is 0.121. The molecule has 33 heavy (non-hydrogen) atoms. The molecule has 0 bridgehead atoms. The number of benzene rings is 2. The topological polar surface area (TPSA) is 63.2 Å². The number of Topliss-reactive ketones (excluding diaryl/α,β-unsaturated/α-hetero) is 1. The standard InChI is InChI=1S/C26H36NO6/c1-17(28)8-10-27(2)11-9-19-15-22(29-3)23(30-4)16-20(19)21(27)12-18-13-24(31-5)26(33-7)25(14-18)32-6/h13-16,21H,8-12H2,1-7H3/q+1/t21-,27?/m1/s1. The molecule has 7 nitrogen and oxygen atoms in total. The largest absolute Gasteiger partial charge is 0.493 e. The molecule has 0 aliphatic carbocycles. The monoisotopic (exact) mass is 458 g/mol. The van der Waals surface area contributed by atoms with Crippen molar-refractivity contribution >= 4 is 5.78 Å². The number of methoxy groups -OCH3 is 5. The van der Waals surface area contributed by atoms with Crippen molar-refractivity contribution in [1.82, 2.24) is 0 Å². The molecule has 0 spiro atoms. The molecule has 1 aliphatic heterocycles. The molecule has 1 unspecified atom stereocenters. The lowest BCUT2D eigenvalue weighted by molar-refractivity contribution is -0.940. The SMILES string of the molecule is COc1cc2c(cc1OC)[C@@H](Cc1cc(OC)c(OC)c(OC)c1)[N+](C)(CCC(C)=O)CC2. The summed E-state index contributed by atoms with van der Waals surface area (Å²) in [6.07, 6.45) is 2.20. The van der Waals surface area contributed by atoms with Crippen molar-refractivity contribution in [1.29, 1.82) is 0 Å². The summed E-state index contributed by atoms with van der Waals surface area (Å²) in [5.41, 5.74) is 3.55. The van der Waals surface area contributed by atoms with Gasteiger partial charge in [0.25, 0.3) is 0 Å². The fourth-order valence-electron chi connectivity index (χ4n) is 4.82. The molecular weight excluding hydrogens is 422 g/mol. The summed E-state index contributed by atoms with van der Waals surface area (Å²) in [6, 6.07) is 8.32. The molecule has 0 aromatic heterocycles. The normalized spacial score (nSPS) is 19.4. The number of ketones is 1. The first kappa shape index (κ1) is 24.7. The van der Waals surface area contributed by atoms with Gasteiger partial charge in [-0.2, -0.15) is 0 Å². The number of carbonyl (C=O) groups is 1. The van der Waals surface area contributed by atoms with Crippen LogP contribution in [0.2, 0.25) is 0 Å². The Morgan fingerprint density at radius 2 is 1.45 bits per heavy atom. The number of fused-ring (bicyclic) bond motifs is 1. The first-order valence-electron chi connectivity index (χ1n) is 11.2. The first-order chi connectivity index (χ1) is 15.8. The Morgan fingerprint density at radius 3 is 1.97 bits per heavy atom. The second kappa shape index (κ2) is 10.3. The Morgan fingerprint density at radius 1 is 0.879 bits per heavy atom. The van der Waals surface area contributed by atoms with Gasteiger partial charge in [0.1, 0.15) is 11.8 Å². The van der Waals surface area contributed by atoms with Crippen molar-refractivity contribution in [3.05, 3.63) is 41.0 Å². The highest BCUT2D eigenvalue weighted by Crippen LogP contribution is 2.44. The van der Waals surface area contributed by atoms with E-state index < -0.39 is 0 Å². The molecule has 0 radical (unpaired) electrons. The van der Waals surface area contributed by atoms with E-state index in [1.165, 1.54) is 11.1 Å². The Balaban J connectivity index is 2.11. The highest BCUT2D eigenvalue weighted by molar-refractivity contribution is 5.75. The number of quaternary nitrogens is 1. The van der Waals surface area contributed by atoms with Gasteiger partial charge >= 0.3 is 0 Å². The number of likely N-dealkylation sites (N-methyl/N-ethyl adjacent to an activating group) is 1. The molecule has 1 heterocycles. The predicted octanol–water partition coefficient (Wildman–Crippen LogP) is 4.00. The lowest BCUT2D eigenvalue weighted by atomic mass is 9.86. The quantitative estimate of drug-likeness (QED) is 0.502. The Labute approximate surface area is 196 Å². The molecule has 2 aromatic carbocycles. The molecule has 2 aromatic rings. The first-order valence-corrected chi connectivity index (χ1v) is 11.2. The lowest BCUT2D eigenvalue weighted by Crippen LogP contribution is -2.52. The number of rotatable bonds is 10. The molecule has 2 atom stereocenters. The van der Waals surface area contributed by atoms with Gasteiger partial charge in [0.15, 0.2) is 23.0 Å². The second-order valence-corrected chi connectivity index (χ2v) is 8.79. The van der Waals surface area contributed by atoms with Gasteiger partial charge in [-0.25, -0.2) is 0 Å². The summed E-state index contributed by atoms with van der Waals surface area (Å²) in [5, 5.41) is 0. The van der Waals surface area contributed by atoms with Crippen LogP contribution in [0.4, 0.5) is 0 Å². The minimum atomic E-state index is 0.121. The van der Waals surface area contributed by atoms with Crippen molar-refractivity contribution in [3.8, 4) is 28.7 Å². The van der Waals surface area contributed by atoms with Crippen LogP contribution in [0.25, 0.3) is 0 Å². The second-order valence-electron chi connectivity index (χ2n) is 8.79. The van der Waals surface area contributed by atoms with E-state index in [2.05, 4.69) is 19.2 Å². The highest BCUT2D eigenvalue weighted by Gasteiger charge is 2.40. The van der Waals surface area contributed by atoms with Crippen molar-refractivity contribution in [2.75, 3.05) is 55.7 Å². The summed E-state index contributed by atoms with van der Waals surface area (Å²) >= 11 is 0. The molecule has 0 saturated carbocycles. The van der Waals surface area contributed by atoms with Crippen molar-refractivity contribution in [3.63, 3.8) is 0 Å². The molecule has 0 fully saturated rings. The van der Waals surface area contributed by atoms with Crippen LogP contribution >= 0.6 is 0 Å². The average Bonchev–Trinajstić information content (AvgIpc) is 2.83. The fraction of sp³-hybridized carbons (Fsp3) is 0.500. The minimum Gasteiger partial charge on any atom is -0.493 e. The maximum absolute atomic E-state index is 11.9. The Bertz CT molecular complexity index is 980. The third-order valence-corrected chi connectivity index (χ3v) is 6.78. The van der Waals surface area contributed by atoms with E-state index in [-0.39, 0.29) is 11.8 Å². The van der Waals surface area contributed by atoms with Gasteiger partial charge in [0, 0.05) is 18.4 Å². The molecule has 1 aliphatic rings. The van der Waals surface area contributed by atoms with Crippen LogP contribution in [0.3, 0.4) is 0 Å². The van der Waals surface area contributed by atoms with E-state index in [0.717, 1.165) is 41.7 Å². The van der Waals surface area contributed by atoms with Gasteiger partial charge in [0.05, 0.1) is 62.1 Å². The molecular formula is C26H36NO6+. The Hall–Kier alpha value is -2.93. The summed E-state index contributed by atoms with van der Waals surface area (Å²) in [5.74, 6) is 3.50. The molecule has 0 amide bonds. The van der Waals surface area contributed by atoms with Crippen molar-refractivity contribution in [2.24, 2.45) is 0 Å². The van der Waals surface area contributed by atoms with Crippen molar-refractivity contribution < 1.29 is 33.0 Å². The third-order valence-electron chi connectivity index (χ3n) is 6.78. The molecule has 3 rings (SSSR count). The van der Waals surface area contributed by atoms with Gasteiger partial charge in [-0.05, 0) is 42.3 Å². The van der Waals surface area contributed by atoms with E-state index in [9.17, 15) is 4.79 Å². The van der Waals surface area contributed by atoms with Gasteiger partial charge in [-0.1, -0.05) is 0 Å². The number of nitrogens with zero attached hydrogens (tertiary/aromatic N) is 1. The molecule has 180 valence electrons. The van der Waals surface area contributed by atoms with E-state index in [1.54, 1.807) is 42.5 Å². The van der Waals surface area contributed by atoms with E-state index >= 15 is 0 Å². The van der Waals surface area contributed by atoms with Crippen molar-refractivity contribution in [2.45, 2.75) is 32.2 Å². The predicted molar refractivity (Wildman–Crippen MR) is 127 cm³/mol. The number of hydrogen-bond donors (Lipinski definition) is 0. The van der Waals surface area contributed by atoms with E-state index in [0.29, 0.717) is 29.4 Å². The van der Waals surface area contributed by atoms with Crippen LogP contribution in [0.5, 0.6) is 28.7 Å². The summed E-state index contributed by atoms with van der Waals surface area (Å²) in [4.78, 5) is 11.9. The van der Waals surface area contributed by atoms with Gasteiger partial charge < -0.3 is 28.2 Å². The summed E-state index contributed by atoms with van der Waals surface area (Å²) < 4.78 is 28.6. The third kappa shape index (κ3) is 5.03. The highest BCUT2D eigenvalue weighted by atomic mass is 16.5. The van der Waals surface area contributed by atoms with Gasteiger partial charge in [0.2, 0.25) is 5.75 Å². The van der Waals surface area contributed by atoms with Crippen LogP contribution in [-0.4, -0.2) is 66.0 Å². The van der Waals surface area contributed by atoms with Crippen LogP contribution in [0.15, 0.2) is 24.3 Å². The fourth-order valence-corrected chi connectivity index (χ4v) is 4.82. The average molecular weight is 459 g/mol. The zero-order valence-corrected chi connectivity index (χ0v) is 20.8. The van der Waals surface area contributed by atoms with Crippen LogP contribution < -0.4 is 23.7 Å². The van der Waals surface area contributed by atoms with Gasteiger partial charge in [-0.3, -0.25) is 4.79 Å². The van der Waals surface area contributed by atoms with Gasteiger partial charge in [-0.15, -0.1) is 0 Å². The zero-order chi connectivity index (χ0) is 24.2. The zero-order valence-electron chi connectivity index (χ0n) is 20.8. The summed E-state index contributed by atoms with van der Waals surface area (Å²) in [6.45, 7) is 3.37. The van der Waals surface area contributed by atoms with E-state index in [1.807, 2.05) is 12.1 Å². The maximum Gasteiger partial charge on any atom is 0.203 e. The number of hydrogen-bond acceptors (Lipinski definition) is 6. The Kier molecular flexibility index (Phi) is 7.74. The van der Waals surface area contributed by atoms with Crippen LogP contribution in [-0.2, 0) is 17.6 Å². The molecule has 0 N–H and O–H groups in total. The number of carbonyl (C=O) groups excluding carboxylic acids is 1. The summed E-state index contributed by atoms with van der Waals surface area (Å²) in [7, 11) is 10.4. The smallest absolute Gasteiger partial charge is 0.203 e. The van der Waals surface area contributed by atoms with Crippen LogP contribution in [0.1, 0.15) is 36.1 Å². The molecule has 7 heteroatoms. The lowest BCUT2D eigenvalue weighted by Gasteiger charge is -2.46. The maximum atomic E-state index is 11.9. The van der Waals surface area contributed by atoms with Crippen LogP contribution in [0, 0.1) is 0 Å². The van der Waals surface area contributed by atoms with E-state index in [4.69, 9.17) is 23.7 Å². The number of ether oxygens (including phenoxy) is 5.